The highest BCUT2D eigenvalue weighted by Gasteiger charge is 2.36. The van der Waals surface area contributed by atoms with E-state index in [1.165, 1.54) is 10.8 Å². The van der Waals surface area contributed by atoms with Crippen molar-refractivity contribution in [3.63, 3.8) is 0 Å². The Morgan fingerprint density at radius 1 is 1.06 bits per heavy atom. The van der Waals surface area contributed by atoms with E-state index in [4.69, 9.17) is 4.43 Å². The van der Waals surface area contributed by atoms with E-state index in [2.05, 4.69) is 71.2 Å². The van der Waals surface area contributed by atoms with E-state index in [0.29, 0.717) is 0 Å². The SMILES string of the molecule is C[Si](C)c1ccc(CO[Si](C)(C)C(C)(C)C)cc1. The van der Waals surface area contributed by atoms with Gasteiger partial charge in [-0.2, -0.15) is 0 Å². The summed E-state index contributed by atoms with van der Waals surface area (Å²) in [5.41, 5.74) is 1.30. The molecule has 0 aliphatic rings. The first kappa shape index (κ1) is 15.7. The third-order valence-electron chi connectivity index (χ3n) is 3.94. The van der Waals surface area contributed by atoms with Gasteiger partial charge in [0.05, 0.1) is 15.4 Å². The van der Waals surface area contributed by atoms with Crippen molar-refractivity contribution in [3.05, 3.63) is 29.8 Å². The van der Waals surface area contributed by atoms with Crippen molar-refractivity contribution in [3.8, 4) is 0 Å². The van der Waals surface area contributed by atoms with Gasteiger partial charge in [0.15, 0.2) is 8.32 Å². The second-order valence-corrected chi connectivity index (χ2v) is 14.1. The van der Waals surface area contributed by atoms with Crippen molar-refractivity contribution in [2.45, 2.75) is 58.6 Å². The Morgan fingerprint density at radius 2 is 1.56 bits per heavy atom. The van der Waals surface area contributed by atoms with Crippen molar-refractivity contribution in [2.75, 3.05) is 0 Å². The molecule has 0 saturated heterocycles. The average Bonchev–Trinajstić information content (AvgIpc) is 2.25. The third kappa shape index (κ3) is 4.07. The Bertz CT molecular complexity index is 374. The lowest BCUT2D eigenvalue weighted by molar-refractivity contribution is 0.276. The first-order valence-corrected chi connectivity index (χ1v) is 12.1. The molecule has 0 atom stereocenters. The van der Waals surface area contributed by atoms with Crippen LogP contribution < -0.4 is 5.19 Å². The summed E-state index contributed by atoms with van der Waals surface area (Å²) in [6.07, 6.45) is 0. The molecule has 0 saturated carbocycles. The van der Waals surface area contributed by atoms with Crippen molar-refractivity contribution in [1.29, 1.82) is 0 Å². The zero-order valence-corrected chi connectivity index (χ0v) is 14.9. The summed E-state index contributed by atoms with van der Waals surface area (Å²) in [6.45, 7) is 16.9. The fourth-order valence-electron chi connectivity index (χ4n) is 1.41. The van der Waals surface area contributed by atoms with Crippen LogP contribution in [0.4, 0.5) is 0 Å². The van der Waals surface area contributed by atoms with Crippen LogP contribution in [0, 0.1) is 0 Å². The maximum atomic E-state index is 6.23. The molecule has 0 heterocycles. The monoisotopic (exact) mass is 279 g/mol. The van der Waals surface area contributed by atoms with E-state index in [9.17, 15) is 0 Å². The first-order valence-electron chi connectivity index (χ1n) is 6.67. The van der Waals surface area contributed by atoms with Gasteiger partial charge in [0, 0.05) is 0 Å². The second-order valence-electron chi connectivity index (χ2n) is 6.75. The van der Waals surface area contributed by atoms with Gasteiger partial charge in [0.2, 0.25) is 0 Å². The highest BCUT2D eigenvalue weighted by Crippen LogP contribution is 2.36. The Kier molecular flexibility index (Phi) is 4.98. The Morgan fingerprint density at radius 3 is 1.94 bits per heavy atom. The van der Waals surface area contributed by atoms with Gasteiger partial charge in [-0.25, -0.2) is 0 Å². The Hall–Kier alpha value is -0.386. The Balaban J connectivity index is 2.64. The van der Waals surface area contributed by atoms with Crippen LogP contribution in [0.3, 0.4) is 0 Å². The predicted molar refractivity (Wildman–Crippen MR) is 85.5 cm³/mol. The number of hydrogen-bond donors (Lipinski definition) is 0. The summed E-state index contributed by atoms with van der Waals surface area (Å²) in [7, 11) is -1.94. The van der Waals surface area contributed by atoms with Gasteiger partial charge in [-0.3, -0.25) is 0 Å². The quantitative estimate of drug-likeness (QED) is 0.752. The molecule has 0 unspecified atom stereocenters. The summed E-state index contributed by atoms with van der Waals surface area (Å²) in [6, 6.07) is 8.97. The molecule has 0 aliphatic carbocycles. The van der Waals surface area contributed by atoms with E-state index < -0.39 is 8.32 Å². The van der Waals surface area contributed by atoms with Gasteiger partial charge >= 0.3 is 0 Å². The van der Waals surface area contributed by atoms with Gasteiger partial charge in [-0.05, 0) is 23.7 Å². The molecule has 3 heteroatoms. The van der Waals surface area contributed by atoms with Crippen LogP contribution in [0.1, 0.15) is 26.3 Å². The van der Waals surface area contributed by atoms with Crippen LogP contribution in [0.15, 0.2) is 24.3 Å². The number of rotatable bonds is 4. The maximum Gasteiger partial charge on any atom is 0.192 e. The molecule has 101 valence electrons. The topological polar surface area (TPSA) is 9.23 Å². The molecule has 0 amide bonds. The van der Waals surface area contributed by atoms with Crippen LogP contribution in [-0.2, 0) is 11.0 Å². The van der Waals surface area contributed by atoms with E-state index in [1.807, 2.05) is 0 Å². The van der Waals surface area contributed by atoms with Crippen LogP contribution in [0.5, 0.6) is 0 Å². The summed E-state index contributed by atoms with van der Waals surface area (Å²) >= 11 is 0. The summed E-state index contributed by atoms with van der Waals surface area (Å²) < 4.78 is 6.23. The predicted octanol–water partition coefficient (Wildman–Crippen LogP) is 4.17. The van der Waals surface area contributed by atoms with Crippen LogP contribution in [0.2, 0.25) is 31.2 Å². The minimum absolute atomic E-state index is 0.288. The molecular weight excluding hydrogens is 252 g/mol. The van der Waals surface area contributed by atoms with Gasteiger partial charge < -0.3 is 4.43 Å². The molecule has 1 rings (SSSR count). The fourth-order valence-corrected chi connectivity index (χ4v) is 3.21. The molecule has 0 N–H and O–H groups in total. The van der Waals surface area contributed by atoms with Crippen molar-refractivity contribution < 1.29 is 4.43 Å². The maximum absolute atomic E-state index is 6.23. The van der Waals surface area contributed by atoms with Gasteiger partial charge in [0.25, 0.3) is 0 Å². The van der Waals surface area contributed by atoms with Gasteiger partial charge in [-0.1, -0.05) is 63.3 Å². The molecule has 0 bridgehead atoms. The van der Waals surface area contributed by atoms with Gasteiger partial charge in [-0.15, -0.1) is 0 Å². The molecule has 18 heavy (non-hydrogen) atoms. The van der Waals surface area contributed by atoms with Crippen LogP contribution in [-0.4, -0.2) is 17.1 Å². The van der Waals surface area contributed by atoms with E-state index in [1.54, 1.807) is 0 Å². The smallest absolute Gasteiger partial charge is 0.192 e. The van der Waals surface area contributed by atoms with Crippen LogP contribution in [0.25, 0.3) is 0 Å². The number of benzene rings is 1. The lowest BCUT2D eigenvalue weighted by Gasteiger charge is -2.36. The average molecular weight is 280 g/mol. The zero-order chi connectivity index (χ0) is 14.0. The van der Waals surface area contributed by atoms with Crippen molar-refractivity contribution >= 4 is 22.3 Å². The standard InChI is InChI=1S/C15H27OSi2/c1-15(2,3)18(6,7)16-12-13-8-10-14(11-9-13)17(4)5/h8-11H,12H2,1-7H3. The van der Waals surface area contributed by atoms with Crippen LogP contribution >= 0.6 is 0 Å². The molecule has 0 fully saturated rings. The molecule has 1 radical (unpaired) electrons. The van der Waals surface area contributed by atoms with Gasteiger partial charge in [0.1, 0.15) is 0 Å². The largest absolute Gasteiger partial charge is 0.413 e. The molecule has 1 nitrogen and oxygen atoms in total. The van der Waals surface area contributed by atoms with E-state index in [-0.39, 0.29) is 13.8 Å². The van der Waals surface area contributed by atoms with Crippen molar-refractivity contribution in [1.82, 2.24) is 0 Å². The van der Waals surface area contributed by atoms with Crippen molar-refractivity contribution in [2.24, 2.45) is 0 Å². The molecule has 0 aromatic heterocycles. The fraction of sp³-hybridized carbons (Fsp3) is 0.600. The lowest BCUT2D eigenvalue weighted by Crippen LogP contribution is -2.40. The summed E-state index contributed by atoms with van der Waals surface area (Å²) in [5, 5.41) is 1.78. The molecule has 1 aromatic carbocycles. The number of hydrogen-bond acceptors (Lipinski definition) is 1. The second kappa shape index (κ2) is 5.72. The first-order chi connectivity index (χ1) is 8.13. The minimum atomic E-state index is -1.62. The summed E-state index contributed by atoms with van der Waals surface area (Å²) in [4.78, 5) is 0. The highest BCUT2D eigenvalue weighted by molar-refractivity contribution is 6.74. The minimum Gasteiger partial charge on any atom is -0.413 e. The third-order valence-corrected chi connectivity index (χ3v) is 9.90. The lowest BCUT2D eigenvalue weighted by atomic mass is 10.2. The Labute approximate surface area is 115 Å². The van der Waals surface area contributed by atoms with E-state index in [0.717, 1.165) is 6.61 Å². The summed E-state index contributed by atoms with van der Waals surface area (Å²) in [5.74, 6) is 0. The normalized spacial score (nSPS) is 13.1. The zero-order valence-electron chi connectivity index (χ0n) is 12.9. The molecular formula is C15H27OSi2. The molecule has 0 aliphatic heterocycles. The molecule has 0 spiro atoms. The van der Waals surface area contributed by atoms with E-state index >= 15 is 0 Å². The molecule has 1 aromatic rings. The highest BCUT2D eigenvalue weighted by atomic mass is 28.4.